The maximum Gasteiger partial charge on any atom is 0.223 e. The largest absolute Gasteiger partial charge is 0.399 e. The molecule has 0 aromatic heterocycles. The first-order valence-corrected chi connectivity index (χ1v) is 7.18. The summed E-state index contributed by atoms with van der Waals surface area (Å²) in [5.74, 6) is 0.250. The van der Waals surface area contributed by atoms with Crippen LogP contribution in [0.15, 0.2) is 24.3 Å². The summed E-state index contributed by atoms with van der Waals surface area (Å²) in [6.45, 7) is 6.95. The lowest BCUT2D eigenvalue weighted by atomic mass is 10.1. The van der Waals surface area contributed by atoms with Crippen LogP contribution in [-0.4, -0.2) is 16.8 Å². The smallest absolute Gasteiger partial charge is 0.223 e. The van der Waals surface area contributed by atoms with Gasteiger partial charge in [-0.3, -0.25) is 4.79 Å². The van der Waals surface area contributed by atoms with Crippen molar-refractivity contribution in [1.82, 2.24) is 4.90 Å². The molecule has 0 bridgehead atoms. The number of nitrogens with zero attached hydrogens (tertiary/aromatic N) is 1. The molecule has 0 radical (unpaired) electrons. The molecule has 0 atom stereocenters. The number of carbonyl (C=O) groups excluding carboxylic acids is 1. The summed E-state index contributed by atoms with van der Waals surface area (Å²) < 4.78 is 0. The van der Waals surface area contributed by atoms with E-state index in [9.17, 15) is 4.79 Å². The fraction of sp³-hybridized carbons (Fsp3) is 0.562. The quantitative estimate of drug-likeness (QED) is 0.603. The summed E-state index contributed by atoms with van der Waals surface area (Å²) in [5.41, 5.74) is 7.57. The highest BCUT2D eigenvalue weighted by atomic mass is 16.2. The Morgan fingerprint density at radius 3 is 2.37 bits per heavy atom. The lowest BCUT2D eigenvalue weighted by Crippen LogP contribution is -2.36. The van der Waals surface area contributed by atoms with Gasteiger partial charge in [0.1, 0.15) is 0 Å². The average Bonchev–Trinajstić information content (AvgIpc) is 2.37. The lowest BCUT2D eigenvalue weighted by molar-refractivity contribution is -0.133. The van der Waals surface area contributed by atoms with Crippen molar-refractivity contribution in [2.75, 3.05) is 5.73 Å². The van der Waals surface area contributed by atoms with Gasteiger partial charge in [0.15, 0.2) is 0 Å². The zero-order chi connectivity index (χ0) is 14.3. The Kier molecular flexibility index (Phi) is 6.40. The number of rotatable bonds is 7. The van der Waals surface area contributed by atoms with E-state index < -0.39 is 0 Å². The summed E-state index contributed by atoms with van der Waals surface area (Å²) >= 11 is 0. The molecule has 0 spiro atoms. The molecule has 0 fully saturated rings. The molecule has 3 heteroatoms. The Hall–Kier alpha value is -1.51. The number of hydrogen-bond acceptors (Lipinski definition) is 2. The molecule has 106 valence electrons. The highest BCUT2D eigenvalue weighted by Gasteiger charge is 2.16. The van der Waals surface area contributed by atoms with Crippen molar-refractivity contribution >= 4 is 11.6 Å². The summed E-state index contributed by atoms with van der Waals surface area (Å²) in [7, 11) is 0. The highest BCUT2D eigenvalue weighted by Crippen LogP contribution is 2.13. The first kappa shape index (κ1) is 15.5. The van der Waals surface area contributed by atoms with Crippen LogP contribution < -0.4 is 5.73 Å². The van der Waals surface area contributed by atoms with E-state index in [0.717, 1.165) is 30.5 Å². The van der Waals surface area contributed by atoms with Crippen LogP contribution in [0.25, 0.3) is 0 Å². The van der Waals surface area contributed by atoms with Crippen molar-refractivity contribution in [3.05, 3.63) is 29.8 Å². The second-order valence-electron chi connectivity index (χ2n) is 5.31. The molecule has 2 N–H and O–H groups in total. The number of amides is 1. The molecule has 1 amide bonds. The number of hydrogen-bond donors (Lipinski definition) is 1. The van der Waals surface area contributed by atoms with Crippen molar-refractivity contribution < 1.29 is 4.79 Å². The van der Waals surface area contributed by atoms with E-state index in [1.807, 2.05) is 29.2 Å². The molecule has 0 aliphatic heterocycles. The molecular formula is C16H26N2O. The van der Waals surface area contributed by atoms with E-state index in [1.165, 1.54) is 0 Å². The number of unbranched alkanes of at least 4 members (excludes halogenated alkanes) is 2. The van der Waals surface area contributed by atoms with Gasteiger partial charge < -0.3 is 10.6 Å². The van der Waals surface area contributed by atoms with E-state index in [-0.39, 0.29) is 11.9 Å². The van der Waals surface area contributed by atoms with Crippen LogP contribution in [0.4, 0.5) is 5.69 Å². The van der Waals surface area contributed by atoms with Gasteiger partial charge >= 0.3 is 0 Å². The molecule has 1 aromatic carbocycles. The van der Waals surface area contributed by atoms with E-state index >= 15 is 0 Å². The van der Waals surface area contributed by atoms with Gasteiger partial charge in [0.2, 0.25) is 5.91 Å². The first-order valence-electron chi connectivity index (χ1n) is 7.18. The third-order valence-electron chi connectivity index (χ3n) is 3.27. The third-order valence-corrected chi connectivity index (χ3v) is 3.27. The topological polar surface area (TPSA) is 46.3 Å². The predicted octanol–water partition coefficient (Wildman–Crippen LogP) is 3.59. The summed E-state index contributed by atoms with van der Waals surface area (Å²) in [4.78, 5) is 14.2. The van der Waals surface area contributed by atoms with Gasteiger partial charge in [-0.1, -0.05) is 31.9 Å². The van der Waals surface area contributed by atoms with E-state index in [1.54, 1.807) is 0 Å². The number of benzene rings is 1. The minimum atomic E-state index is 0.228. The number of nitrogens with two attached hydrogens (primary N) is 1. The summed E-state index contributed by atoms with van der Waals surface area (Å²) in [6.07, 6.45) is 3.91. The molecule has 19 heavy (non-hydrogen) atoms. The van der Waals surface area contributed by atoms with Crippen molar-refractivity contribution in [3.63, 3.8) is 0 Å². The van der Waals surface area contributed by atoms with Gasteiger partial charge in [-0.15, -0.1) is 0 Å². The highest BCUT2D eigenvalue weighted by molar-refractivity contribution is 5.76. The monoisotopic (exact) mass is 262 g/mol. The maximum atomic E-state index is 12.2. The Labute approximate surface area is 116 Å². The fourth-order valence-electron chi connectivity index (χ4n) is 2.05. The molecule has 0 unspecified atom stereocenters. The third kappa shape index (κ3) is 5.33. The minimum absolute atomic E-state index is 0.228. The van der Waals surface area contributed by atoms with Crippen LogP contribution in [0.2, 0.25) is 0 Å². The van der Waals surface area contributed by atoms with Crippen molar-refractivity contribution in [3.8, 4) is 0 Å². The Morgan fingerprint density at radius 1 is 1.21 bits per heavy atom. The van der Waals surface area contributed by atoms with E-state index in [4.69, 9.17) is 5.73 Å². The summed E-state index contributed by atoms with van der Waals surface area (Å²) in [5, 5.41) is 0. The number of nitrogen functional groups attached to an aromatic ring is 1. The molecule has 3 nitrogen and oxygen atoms in total. The second kappa shape index (κ2) is 7.82. The van der Waals surface area contributed by atoms with Crippen LogP contribution in [0.1, 0.15) is 52.0 Å². The Morgan fingerprint density at radius 2 is 1.84 bits per heavy atom. The molecule has 0 heterocycles. The predicted molar refractivity (Wildman–Crippen MR) is 80.7 cm³/mol. The molecule has 0 saturated heterocycles. The molecule has 0 saturated carbocycles. The average molecular weight is 262 g/mol. The van der Waals surface area contributed by atoms with Crippen molar-refractivity contribution in [2.45, 2.75) is 59.0 Å². The van der Waals surface area contributed by atoms with Crippen LogP contribution in [0.5, 0.6) is 0 Å². The second-order valence-corrected chi connectivity index (χ2v) is 5.31. The molecular weight excluding hydrogens is 236 g/mol. The first-order chi connectivity index (χ1) is 9.04. The summed E-state index contributed by atoms with van der Waals surface area (Å²) in [6, 6.07) is 7.98. The Bertz CT molecular complexity index is 384. The van der Waals surface area contributed by atoms with Gasteiger partial charge in [-0.25, -0.2) is 0 Å². The van der Waals surface area contributed by atoms with Crippen molar-refractivity contribution in [2.24, 2.45) is 0 Å². The minimum Gasteiger partial charge on any atom is -0.399 e. The van der Waals surface area contributed by atoms with Crippen LogP contribution >= 0.6 is 0 Å². The van der Waals surface area contributed by atoms with Gasteiger partial charge in [-0.05, 0) is 38.0 Å². The normalized spacial score (nSPS) is 10.7. The van der Waals surface area contributed by atoms with Gasteiger partial charge in [0, 0.05) is 24.7 Å². The van der Waals surface area contributed by atoms with Crippen LogP contribution in [-0.2, 0) is 11.3 Å². The molecule has 1 aromatic rings. The van der Waals surface area contributed by atoms with Gasteiger partial charge in [-0.2, -0.15) is 0 Å². The Balaban J connectivity index is 2.62. The molecule has 0 aliphatic rings. The standard InChI is InChI=1S/C16H26N2O/c1-4-5-6-7-16(19)18(13(2)3)12-14-8-10-15(17)11-9-14/h8-11,13H,4-7,12,17H2,1-3H3. The van der Waals surface area contributed by atoms with Gasteiger partial charge in [0.25, 0.3) is 0 Å². The zero-order valence-electron chi connectivity index (χ0n) is 12.4. The van der Waals surface area contributed by atoms with Crippen LogP contribution in [0.3, 0.4) is 0 Å². The maximum absolute atomic E-state index is 12.2. The SMILES string of the molecule is CCCCCC(=O)N(Cc1ccc(N)cc1)C(C)C. The molecule has 0 aliphatic carbocycles. The lowest BCUT2D eigenvalue weighted by Gasteiger charge is -2.27. The van der Waals surface area contributed by atoms with Gasteiger partial charge in [0.05, 0.1) is 0 Å². The van der Waals surface area contributed by atoms with Crippen molar-refractivity contribution in [1.29, 1.82) is 0 Å². The van der Waals surface area contributed by atoms with E-state index in [2.05, 4.69) is 20.8 Å². The molecule has 1 rings (SSSR count). The fourth-order valence-corrected chi connectivity index (χ4v) is 2.05. The van der Waals surface area contributed by atoms with E-state index in [0.29, 0.717) is 13.0 Å². The van der Waals surface area contributed by atoms with Crippen LogP contribution in [0, 0.1) is 0 Å². The zero-order valence-corrected chi connectivity index (χ0v) is 12.4. The number of anilines is 1. The number of carbonyl (C=O) groups is 1.